The van der Waals surface area contributed by atoms with Crippen LogP contribution in [0.5, 0.6) is 0 Å². The molecule has 0 aromatic carbocycles. The molecule has 1 heteroatoms. The summed E-state index contributed by atoms with van der Waals surface area (Å²) in [6, 6.07) is 0. The van der Waals surface area contributed by atoms with Crippen LogP contribution in [-0.2, 0) is 0 Å². The third kappa shape index (κ3) is 12.3. The summed E-state index contributed by atoms with van der Waals surface area (Å²) in [5.74, 6) is 10.8. The van der Waals surface area contributed by atoms with E-state index in [1.54, 1.807) is 18.2 Å². The van der Waals surface area contributed by atoms with Gasteiger partial charge in [0, 0.05) is 0 Å². The van der Waals surface area contributed by atoms with E-state index >= 15 is 0 Å². The molecule has 0 spiro atoms. The van der Waals surface area contributed by atoms with Crippen molar-refractivity contribution >= 4 is 0 Å². The molecule has 0 aromatic rings. The average molecular weight is 214 g/mol. The van der Waals surface area contributed by atoms with Crippen LogP contribution < -0.4 is 0 Å². The minimum absolute atomic E-state index is 0.0184. The molecule has 0 atom stereocenters. The molecule has 16 heavy (non-hydrogen) atoms. The van der Waals surface area contributed by atoms with Crippen molar-refractivity contribution in [1.82, 2.24) is 0 Å². The minimum Gasteiger partial charge on any atom is -0.392 e. The van der Waals surface area contributed by atoms with E-state index in [1.165, 1.54) is 12.8 Å². The van der Waals surface area contributed by atoms with Gasteiger partial charge in [-0.25, -0.2) is 0 Å². The Labute approximate surface area is 98.6 Å². The van der Waals surface area contributed by atoms with Gasteiger partial charge in [0.25, 0.3) is 0 Å². The first-order valence-electron chi connectivity index (χ1n) is 5.50. The lowest BCUT2D eigenvalue weighted by Crippen LogP contribution is -1.67. The topological polar surface area (TPSA) is 20.2 Å². The summed E-state index contributed by atoms with van der Waals surface area (Å²) in [4.78, 5) is 0. The van der Waals surface area contributed by atoms with Crippen LogP contribution in [-0.4, -0.2) is 11.7 Å². The molecule has 1 nitrogen and oxygen atoms in total. The zero-order valence-electron chi connectivity index (χ0n) is 9.74. The van der Waals surface area contributed by atoms with Crippen LogP contribution in [0.15, 0.2) is 36.5 Å². The first kappa shape index (κ1) is 14.3. The van der Waals surface area contributed by atoms with Crippen molar-refractivity contribution in [1.29, 1.82) is 0 Å². The Kier molecular flexibility index (Phi) is 11.9. The molecular formula is C15H18O. The van der Waals surface area contributed by atoms with Crippen molar-refractivity contribution in [3.05, 3.63) is 36.5 Å². The lowest BCUT2D eigenvalue weighted by Gasteiger charge is -1.84. The highest BCUT2D eigenvalue weighted by molar-refractivity contribution is 5.34. The highest BCUT2D eigenvalue weighted by atomic mass is 16.2. The Morgan fingerprint density at radius 2 is 1.75 bits per heavy atom. The van der Waals surface area contributed by atoms with Crippen molar-refractivity contribution < 1.29 is 5.11 Å². The number of unbranched alkanes of at least 4 members (excludes halogenated alkanes) is 2. The van der Waals surface area contributed by atoms with Gasteiger partial charge in [0.05, 0.1) is 6.61 Å². The quantitative estimate of drug-likeness (QED) is 0.424. The second-order valence-corrected chi connectivity index (χ2v) is 3.05. The molecule has 0 radical (unpaired) electrons. The third-order valence-electron chi connectivity index (χ3n) is 1.66. The molecule has 0 rings (SSSR count). The molecule has 0 unspecified atom stereocenters. The summed E-state index contributed by atoms with van der Waals surface area (Å²) >= 11 is 0. The Hall–Kier alpha value is -1.70. The monoisotopic (exact) mass is 214 g/mol. The highest BCUT2D eigenvalue weighted by Gasteiger charge is 1.74. The zero-order chi connectivity index (χ0) is 11.9. The van der Waals surface area contributed by atoms with Gasteiger partial charge in [-0.2, -0.15) is 0 Å². The zero-order valence-corrected chi connectivity index (χ0v) is 9.74. The van der Waals surface area contributed by atoms with Gasteiger partial charge in [-0.15, -0.1) is 0 Å². The van der Waals surface area contributed by atoms with Crippen LogP contribution in [0.1, 0.15) is 26.2 Å². The lowest BCUT2D eigenvalue weighted by molar-refractivity contribution is 0.343. The Morgan fingerprint density at radius 3 is 2.44 bits per heavy atom. The number of hydrogen-bond acceptors (Lipinski definition) is 1. The molecule has 1 N–H and O–H groups in total. The maximum absolute atomic E-state index is 8.42. The van der Waals surface area contributed by atoms with Crippen LogP contribution in [0, 0.1) is 23.7 Å². The molecular weight excluding hydrogens is 196 g/mol. The van der Waals surface area contributed by atoms with E-state index in [9.17, 15) is 0 Å². The highest BCUT2D eigenvalue weighted by Crippen LogP contribution is 1.94. The van der Waals surface area contributed by atoms with Crippen LogP contribution >= 0.6 is 0 Å². The molecule has 0 aliphatic heterocycles. The molecule has 0 heterocycles. The fourth-order valence-electron chi connectivity index (χ4n) is 0.868. The lowest BCUT2D eigenvalue weighted by atomic mass is 10.2. The smallest absolute Gasteiger partial charge is 0.0621 e. The van der Waals surface area contributed by atoms with Crippen molar-refractivity contribution in [2.24, 2.45) is 0 Å². The molecule has 0 saturated heterocycles. The number of rotatable bonds is 5. The third-order valence-corrected chi connectivity index (χ3v) is 1.66. The van der Waals surface area contributed by atoms with Crippen molar-refractivity contribution in [2.75, 3.05) is 6.61 Å². The van der Waals surface area contributed by atoms with E-state index in [1.807, 2.05) is 12.2 Å². The van der Waals surface area contributed by atoms with E-state index in [0.717, 1.165) is 6.42 Å². The largest absolute Gasteiger partial charge is 0.392 e. The van der Waals surface area contributed by atoms with Crippen LogP contribution in [0.4, 0.5) is 0 Å². The summed E-state index contributed by atoms with van der Waals surface area (Å²) in [6.45, 7) is 2.20. The van der Waals surface area contributed by atoms with E-state index in [0.29, 0.717) is 0 Å². The molecule has 84 valence electrons. The second-order valence-electron chi connectivity index (χ2n) is 3.05. The Morgan fingerprint density at radius 1 is 1.00 bits per heavy atom. The fraction of sp³-hybridized carbons (Fsp3) is 0.333. The SMILES string of the molecule is CCCC/C=C/C=C\C#CC#C/C=C\CO. The van der Waals surface area contributed by atoms with Gasteiger partial charge in [0.1, 0.15) is 0 Å². The summed E-state index contributed by atoms with van der Waals surface area (Å²) in [6.07, 6.45) is 14.6. The summed E-state index contributed by atoms with van der Waals surface area (Å²) in [5.41, 5.74) is 0. The van der Waals surface area contributed by atoms with E-state index < -0.39 is 0 Å². The predicted molar refractivity (Wildman–Crippen MR) is 69.6 cm³/mol. The summed E-state index contributed by atoms with van der Waals surface area (Å²) in [5, 5.41) is 8.42. The second kappa shape index (κ2) is 13.3. The molecule has 0 saturated carbocycles. The summed E-state index contributed by atoms with van der Waals surface area (Å²) in [7, 11) is 0. The first-order valence-corrected chi connectivity index (χ1v) is 5.50. The molecule has 0 amide bonds. The number of allylic oxidation sites excluding steroid dienone is 5. The van der Waals surface area contributed by atoms with Crippen LogP contribution in [0.25, 0.3) is 0 Å². The normalized spacial score (nSPS) is 10.4. The van der Waals surface area contributed by atoms with Gasteiger partial charge in [0.15, 0.2) is 0 Å². The maximum Gasteiger partial charge on any atom is 0.0621 e. The van der Waals surface area contributed by atoms with Crippen LogP contribution in [0.3, 0.4) is 0 Å². The van der Waals surface area contributed by atoms with Crippen LogP contribution in [0.2, 0.25) is 0 Å². The Balaban J connectivity index is 3.73. The van der Waals surface area contributed by atoms with Gasteiger partial charge >= 0.3 is 0 Å². The maximum atomic E-state index is 8.42. The number of aliphatic hydroxyl groups is 1. The molecule has 0 fully saturated rings. The number of aliphatic hydroxyl groups excluding tert-OH is 1. The van der Waals surface area contributed by atoms with E-state index in [2.05, 4.69) is 36.7 Å². The van der Waals surface area contributed by atoms with Gasteiger partial charge in [-0.3, -0.25) is 0 Å². The van der Waals surface area contributed by atoms with Gasteiger partial charge in [-0.1, -0.05) is 55.9 Å². The molecule has 0 aromatic heterocycles. The van der Waals surface area contributed by atoms with Crippen molar-refractivity contribution in [3.8, 4) is 23.7 Å². The average Bonchev–Trinajstić information content (AvgIpc) is 2.31. The van der Waals surface area contributed by atoms with E-state index in [-0.39, 0.29) is 6.61 Å². The van der Waals surface area contributed by atoms with Crippen molar-refractivity contribution in [3.63, 3.8) is 0 Å². The first-order chi connectivity index (χ1) is 7.91. The van der Waals surface area contributed by atoms with Gasteiger partial charge in [-0.05, 0) is 30.4 Å². The standard InChI is InChI=1S/C15H18O/c1-2-3-4-5-6-7-8-9-10-11-12-13-14-15-16/h5-8,13-14,16H,2-4,15H2,1H3/b6-5+,8-7-,14-13-. The summed E-state index contributed by atoms with van der Waals surface area (Å²) < 4.78 is 0. The van der Waals surface area contributed by atoms with Gasteiger partial charge in [0.2, 0.25) is 0 Å². The molecule has 0 bridgehead atoms. The fourth-order valence-corrected chi connectivity index (χ4v) is 0.868. The Bertz CT molecular complexity index is 350. The molecule has 0 aliphatic carbocycles. The number of hydrogen-bond donors (Lipinski definition) is 1. The van der Waals surface area contributed by atoms with Gasteiger partial charge < -0.3 is 5.11 Å². The van der Waals surface area contributed by atoms with E-state index in [4.69, 9.17) is 5.11 Å². The molecule has 0 aliphatic rings. The predicted octanol–water partition coefficient (Wildman–Crippen LogP) is 2.84. The minimum atomic E-state index is 0.0184. The van der Waals surface area contributed by atoms with Crippen molar-refractivity contribution in [2.45, 2.75) is 26.2 Å².